The van der Waals surface area contributed by atoms with Crippen molar-refractivity contribution in [2.24, 2.45) is 0 Å². The lowest BCUT2D eigenvalue weighted by molar-refractivity contribution is -0.118. The van der Waals surface area contributed by atoms with Crippen LogP contribution in [0.15, 0.2) is 53.4 Å². The summed E-state index contributed by atoms with van der Waals surface area (Å²) in [6.07, 6.45) is 2.89. The number of ether oxygens (including phenoxy) is 1. The highest BCUT2D eigenvalue weighted by Gasteiger charge is 2.25. The Hall–Kier alpha value is -1.74. The number of thioether (sulfide) groups is 1. The Labute approximate surface area is 193 Å². The van der Waals surface area contributed by atoms with Crippen molar-refractivity contribution in [2.75, 3.05) is 32.0 Å². The van der Waals surface area contributed by atoms with Crippen LogP contribution in [0, 0.1) is 0 Å². The molecule has 0 radical (unpaired) electrons. The highest BCUT2D eigenvalue weighted by Crippen LogP contribution is 2.23. The number of sulfonamides is 1. The summed E-state index contributed by atoms with van der Waals surface area (Å²) >= 11 is 7.61. The molecule has 0 saturated carbocycles. The number of hydrogen-bond acceptors (Lipinski definition) is 5. The van der Waals surface area contributed by atoms with Crippen LogP contribution in [0.5, 0.6) is 5.75 Å². The molecule has 6 nitrogen and oxygen atoms in total. The van der Waals surface area contributed by atoms with E-state index in [1.165, 1.54) is 11.8 Å². The number of carbonyl (C=O) groups excluding carboxylic acids is 1. The van der Waals surface area contributed by atoms with Crippen LogP contribution in [0.25, 0.3) is 0 Å². The Balaban J connectivity index is 1.36. The summed E-state index contributed by atoms with van der Waals surface area (Å²) in [5, 5.41) is 3.52. The van der Waals surface area contributed by atoms with Crippen LogP contribution in [0.4, 0.5) is 0 Å². The zero-order valence-electron chi connectivity index (χ0n) is 17.3. The first-order valence-electron chi connectivity index (χ1n) is 10.3. The zero-order valence-corrected chi connectivity index (χ0v) is 19.6. The molecule has 2 aromatic carbocycles. The first-order valence-corrected chi connectivity index (χ1v) is 13.2. The van der Waals surface area contributed by atoms with Gasteiger partial charge in [-0.2, -0.15) is 4.31 Å². The van der Waals surface area contributed by atoms with Crippen molar-refractivity contribution >= 4 is 39.3 Å². The van der Waals surface area contributed by atoms with Crippen LogP contribution in [0.2, 0.25) is 5.02 Å². The molecular weight excluding hydrogens is 456 g/mol. The third-order valence-corrected chi connectivity index (χ3v) is 8.18. The SMILES string of the molecule is O=C(CSCc1ccccc1Cl)NCCOc1ccc(S(=O)(=O)N2CCCCC2)cc1. The van der Waals surface area contributed by atoms with Crippen molar-refractivity contribution in [3.63, 3.8) is 0 Å². The van der Waals surface area contributed by atoms with Crippen molar-refractivity contribution in [3.05, 3.63) is 59.1 Å². The second kappa shape index (κ2) is 11.8. The topological polar surface area (TPSA) is 75.7 Å². The lowest BCUT2D eigenvalue weighted by Gasteiger charge is -2.25. The number of nitrogens with zero attached hydrogens (tertiary/aromatic N) is 1. The average Bonchev–Trinajstić information content (AvgIpc) is 2.79. The number of hydrogen-bond donors (Lipinski definition) is 1. The van der Waals surface area contributed by atoms with E-state index >= 15 is 0 Å². The van der Waals surface area contributed by atoms with E-state index in [2.05, 4.69) is 5.32 Å². The normalized spacial score (nSPS) is 14.9. The Bertz CT molecular complexity index is 962. The van der Waals surface area contributed by atoms with Gasteiger partial charge in [0.2, 0.25) is 15.9 Å². The molecule has 1 aliphatic rings. The van der Waals surface area contributed by atoms with Crippen LogP contribution < -0.4 is 10.1 Å². The predicted octanol–water partition coefficient (Wildman–Crippen LogP) is 3.94. The molecule has 0 unspecified atom stereocenters. The number of benzene rings is 2. The van der Waals surface area contributed by atoms with E-state index in [9.17, 15) is 13.2 Å². The van der Waals surface area contributed by atoms with E-state index in [0.29, 0.717) is 48.5 Å². The number of piperidine rings is 1. The van der Waals surface area contributed by atoms with Gasteiger partial charge in [0.05, 0.1) is 17.2 Å². The zero-order chi connectivity index (χ0) is 22.1. The fraction of sp³-hybridized carbons (Fsp3) is 0.409. The molecule has 0 aromatic heterocycles. The van der Waals surface area contributed by atoms with Gasteiger partial charge in [0.15, 0.2) is 0 Å². The Morgan fingerprint density at radius 2 is 1.77 bits per heavy atom. The van der Waals surface area contributed by atoms with Gasteiger partial charge in [0, 0.05) is 23.9 Å². The molecule has 0 spiro atoms. The molecule has 1 N–H and O–H groups in total. The lowest BCUT2D eigenvalue weighted by atomic mass is 10.2. The summed E-state index contributed by atoms with van der Waals surface area (Å²) in [5.74, 6) is 1.52. The summed E-state index contributed by atoms with van der Waals surface area (Å²) in [7, 11) is -3.44. The van der Waals surface area contributed by atoms with Gasteiger partial charge in [-0.25, -0.2) is 8.42 Å². The van der Waals surface area contributed by atoms with Crippen molar-refractivity contribution in [2.45, 2.75) is 29.9 Å². The lowest BCUT2D eigenvalue weighted by Crippen LogP contribution is -2.35. The van der Waals surface area contributed by atoms with Gasteiger partial charge in [0.25, 0.3) is 0 Å². The molecule has 0 atom stereocenters. The summed E-state index contributed by atoms with van der Waals surface area (Å²) in [5.41, 5.74) is 1.01. The van der Waals surface area contributed by atoms with Gasteiger partial charge >= 0.3 is 0 Å². The molecule has 0 aliphatic carbocycles. The Kier molecular flexibility index (Phi) is 9.07. The van der Waals surface area contributed by atoms with Crippen LogP contribution in [0.3, 0.4) is 0 Å². The molecule has 1 fully saturated rings. The molecule has 0 bridgehead atoms. The van der Waals surface area contributed by atoms with Crippen molar-refractivity contribution in [1.29, 1.82) is 0 Å². The van der Waals surface area contributed by atoms with Gasteiger partial charge in [-0.1, -0.05) is 36.2 Å². The summed E-state index contributed by atoms with van der Waals surface area (Å²) in [6.45, 7) is 1.84. The van der Waals surface area contributed by atoms with Gasteiger partial charge < -0.3 is 10.1 Å². The smallest absolute Gasteiger partial charge is 0.243 e. The van der Waals surface area contributed by atoms with E-state index < -0.39 is 10.0 Å². The predicted molar refractivity (Wildman–Crippen MR) is 125 cm³/mol. The number of nitrogens with one attached hydrogen (secondary N) is 1. The van der Waals surface area contributed by atoms with E-state index in [1.54, 1.807) is 28.6 Å². The van der Waals surface area contributed by atoms with E-state index in [-0.39, 0.29) is 10.8 Å². The number of rotatable bonds is 10. The second-order valence-corrected chi connectivity index (χ2v) is 10.5. The van der Waals surface area contributed by atoms with Gasteiger partial charge in [0.1, 0.15) is 12.4 Å². The fourth-order valence-electron chi connectivity index (χ4n) is 3.24. The highest BCUT2D eigenvalue weighted by molar-refractivity contribution is 7.99. The Morgan fingerprint density at radius 1 is 1.06 bits per heavy atom. The van der Waals surface area contributed by atoms with Crippen LogP contribution in [0.1, 0.15) is 24.8 Å². The summed E-state index contributed by atoms with van der Waals surface area (Å²) < 4.78 is 32.5. The van der Waals surface area contributed by atoms with Gasteiger partial charge in [-0.3, -0.25) is 4.79 Å². The first kappa shape index (κ1) is 23.9. The van der Waals surface area contributed by atoms with E-state index in [1.807, 2.05) is 24.3 Å². The molecular formula is C22H27ClN2O4S2. The van der Waals surface area contributed by atoms with Gasteiger partial charge in [-0.05, 0) is 48.7 Å². The molecule has 1 heterocycles. The molecule has 1 aliphatic heterocycles. The minimum atomic E-state index is -3.44. The maximum absolute atomic E-state index is 12.7. The number of carbonyl (C=O) groups is 1. The molecule has 168 valence electrons. The molecule has 9 heteroatoms. The molecule has 1 amide bonds. The highest BCUT2D eigenvalue weighted by atomic mass is 35.5. The van der Waals surface area contributed by atoms with E-state index in [4.69, 9.17) is 16.3 Å². The third-order valence-electron chi connectivity index (χ3n) is 4.92. The molecule has 3 rings (SSSR count). The summed E-state index contributed by atoms with van der Waals surface area (Å²) in [6, 6.07) is 14.0. The summed E-state index contributed by atoms with van der Waals surface area (Å²) in [4.78, 5) is 12.2. The molecule has 2 aromatic rings. The first-order chi connectivity index (χ1) is 15.0. The minimum absolute atomic E-state index is 0.0661. The largest absolute Gasteiger partial charge is 0.492 e. The quantitative estimate of drug-likeness (QED) is 0.519. The molecule has 1 saturated heterocycles. The van der Waals surface area contributed by atoms with Crippen LogP contribution in [-0.2, 0) is 20.6 Å². The maximum atomic E-state index is 12.7. The second-order valence-electron chi connectivity index (χ2n) is 7.22. The van der Waals surface area contributed by atoms with Crippen molar-refractivity contribution in [3.8, 4) is 5.75 Å². The van der Waals surface area contributed by atoms with Crippen molar-refractivity contribution in [1.82, 2.24) is 9.62 Å². The van der Waals surface area contributed by atoms with Gasteiger partial charge in [-0.15, -0.1) is 11.8 Å². The van der Waals surface area contributed by atoms with Crippen LogP contribution >= 0.6 is 23.4 Å². The monoisotopic (exact) mass is 482 g/mol. The molecule has 31 heavy (non-hydrogen) atoms. The van der Waals surface area contributed by atoms with Crippen molar-refractivity contribution < 1.29 is 17.9 Å². The Morgan fingerprint density at radius 3 is 2.48 bits per heavy atom. The maximum Gasteiger partial charge on any atom is 0.243 e. The fourth-order valence-corrected chi connectivity index (χ4v) is 5.90. The third kappa shape index (κ3) is 7.14. The minimum Gasteiger partial charge on any atom is -0.492 e. The van der Waals surface area contributed by atoms with Crippen LogP contribution in [-0.4, -0.2) is 50.6 Å². The average molecular weight is 483 g/mol. The van der Waals surface area contributed by atoms with E-state index in [0.717, 1.165) is 24.8 Å². The standard InChI is InChI=1S/C22H27ClN2O4S2/c23-21-7-3-2-6-18(21)16-30-17-22(26)24-12-15-29-19-8-10-20(11-9-19)31(27,28)25-13-4-1-5-14-25/h2-3,6-11H,1,4-5,12-17H2,(H,24,26). The number of amides is 1. The number of halogens is 1.